The molecule has 0 spiro atoms. The summed E-state index contributed by atoms with van der Waals surface area (Å²) < 4.78 is 36.4. The Balaban J connectivity index is 1.55. The first kappa shape index (κ1) is 24.8. The summed E-state index contributed by atoms with van der Waals surface area (Å²) in [6.07, 6.45) is -4.42. The average molecular weight is 560 g/mol. The molecule has 0 saturated carbocycles. The number of aliphatic hydroxyl groups is 2. The minimum Gasteiger partial charge on any atom is -0.387 e. The van der Waals surface area contributed by atoms with Crippen LogP contribution in [0.5, 0.6) is 0 Å². The molecule has 0 radical (unpaired) electrons. The SMILES string of the molecule is [N-]=[N+]=N[C@]1(COP2(=O)OCC[C@@H](c3ccc(Br)cc3)O2)O[C@@H](n2ccc(=O)[nH]c2=O)[C@H](O)[C@@H]1O. The third kappa shape index (κ3) is 4.89. The zero-order chi connectivity index (χ0) is 24.5. The van der Waals surface area contributed by atoms with E-state index in [9.17, 15) is 24.4 Å². The first-order chi connectivity index (χ1) is 16.2. The number of azide groups is 1. The molecule has 4 rings (SSSR count). The summed E-state index contributed by atoms with van der Waals surface area (Å²) in [5.74, 6) is 0. The number of benzene rings is 1. The van der Waals surface area contributed by atoms with E-state index in [-0.39, 0.29) is 6.61 Å². The molecule has 2 aliphatic heterocycles. The summed E-state index contributed by atoms with van der Waals surface area (Å²) in [5, 5.41) is 24.5. The number of aromatic nitrogens is 2. The second kappa shape index (κ2) is 9.74. The van der Waals surface area contributed by atoms with Crippen molar-refractivity contribution in [2.24, 2.45) is 5.11 Å². The fourth-order valence-corrected chi connectivity index (χ4v) is 5.25. The third-order valence-electron chi connectivity index (χ3n) is 5.30. The minimum atomic E-state index is -4.20. The Morgan fingerprint density at radius 2 is 2.06 bits per heavy atom. The molecular weight excluding hydrogens is 541 g/mol. The van der Waals surface area contributed by atoms with Gasteiger partial charge >= 0.3 is 13.5 Å². The molecule has 2 aliphatic rings. The smallest absolute Gasteiger partial charge is 0.387 e. The second-order valence-electron chi connectivity index (χ2n) is 7.48. The van der Waals surface area contributed by atoms with Gasteiger partial charge < -0.3 is 14.9 Å². The standard InChI is InChI=1S/C18H19BrN5O9P/c19-11-3-1-10(2-4-11)12-6-8-30-34(29,33-12)31-9-18(22-23-20)15(27)14(26)16(32-18)24-7-5-13(25)21-17(24)28/h1-5,7,12,14-16,26-27H,6,8-9H2,(H,21,25,28)/t12-,14+,15-,16+,18+,34?/m0/s1. The number of nitrogens with one attached hydrogen (secondary N) is 1. The molecule has 0 aliphatic carbocycles. The Morgan fingerprint density at radius 3 is 2.74 bits per heavy atom. The number of rotatable bonds is 6. The molecule has 34 heavy (non-hydrogen) atoms. The van der Waals surface area contributed by atoms with Crippen LogP contribution < -0.4 is 11.2 Å². The molecule has 0 amide bonds. The predicted octanol–water partition coefficient (Wildman–Crippen LogP) is 1.86. The van der Waals surface area contributed by atoms with Crippen LogP contribution >= 0.6 is 23.8 Å². The fraction of sp³-hybridized carbons (Fsp3) is 0.444. The second-order valence-corrected chi connectivity index (χ2v) is 10.0. The minimum absolute atomic E-state index is 0.0357. The topological polar surface area (TPSA) is 198 Å². The maximum atomic E-state index is 13.1. The van der Waals surface area contributed by atoms with Gasteiger partial charge in [0.2, 0.25) is 5.72 Å². The van der Waals surface area contributed by atoms with Gasteiger partial charge in [-0.15, -0.1) is 0 Å². The van der Waals surface area contributed by atoms with Gasteiger partial charge in [0.05, 0.1) is 19.3 Å². The molecule has 2 saturated heterocycles. The van der Waals surface area contributed by atoms with Crippen molar-refractivity contribution in [1.29, 1.82) is 0 Å². The Bertz CT molecular complexity index is 1260. The van der Waals surface area contributed by atoms with Crippen LogP contribution in [0.1, 0.15) is 24.3 Å². The van der Waals surface area contributed by atoms with Gasteiger partial charge in [-0.3, -0.25) is 27.9 Å². The Hall–Kier alpha value is -2.32. The van der Waals surface area contributed by atoms with Crippen molar-refractivity contribution in [3.63, 3.8) is 0 Å². The molecule has 16 heteroatoms. The largest absolute Gasteiger partial charge is 0.475 e. The maximum Gasteiger partial charge on any atom is 0.475 e. The van der Waals surface area contributed by atoms with Crippen molar-refractivity contribution in [2.45, 2.75) is 36.7 Å². The van der Waals surface area contributed by atoms with Gasteiger partial charge in [-0.05, 0) is 23.2 Å². The van der Waals surface area contributed by atoms with Crippen LogP contribution in [-0.2, 0) is 22.9 Å². The van der Waals surface area contributed by atoms with E-state index in [4.69, 9.17) is 23.8 Å². The van der Waals surface area contributed by atoms with E-state index in [1.807, 2.05) is 4.98 Å². The number of halogens is 1. The highest BCUT2D eigenvalue weighted by molar-refractivity contribution is 9.10. The quantitative estimate of drug-likeness (QED) is 0.204. The Morgan fingerprint density at radius 1 is 1.32 bits per heavy atom. The molecule has 6 atom stereocenters. The van der Waals surface area contributed by atoms with Crippen molar-refractivity contribution in [3.05, 3.63) is 77.8 Å². The number of hydrogen-bond acceptors (Lipinski definition) is 10. The first-order valence-electron chi connectivity index (χ1n) is 9.91. The van der Waals surface area contributed by atoms with Crippen LogP contribution in [-0.4, -0.2) is 50.9 Å². The highest BCUT2D eigenvalue weighted by Crippen LogP contribution is 2.58. The Labute approximate surface area is 199 Å². The van der Waals surface area contributed by atoms with Gasteiger partial charge in [0.1, 0.15) is 12.2 Å². The van der Waals surface area contributed by atoms with Crippen molar-refractivity contribution in [2.75, 3.05) is 13.2 Å². The highest BCUT2D eigenvalue weighted by atomic mass is 79.9. The number of phosphoric ester groups is 1. The molecule has 3 heterocycles. The summed E-state index contributed by atoms with van der Waals surface area (Å²) >= 11 is 3.33. The van der Waals surface area contributed by atoms with E-state index in [1.54, 1.807) is 24.3 Å². The average Bonchev–Trinajstić information content (AvgIpc) is 3.04. The molecule has 3 N–H and O–H groups in total. The lowest BCUT2D eigenvalue weighted by molar-refractivity contribution is -0.127. The summed E-state index contributed by atoms with van der Waals surface area (Å²) in [5.41, 5.74) is 5.84. The zero-order valence-corrected chi connectivity index (χ0v) is 19.7. The zero-order valence-electron chi connectivity index (χ0n) is 17.3. The van der Waals surface area contributed by atoms with E-state index in [1.165, 1.54) is 0 Å². The van der Waals surface area contributed by atoms with Crippen LogP contribution in [0.25, 0.3) is 10.4 Å². The molecule has 0 bridgehead atoms. The van der Waals surface area contributed by atoms with Gasteiger partial charge in [0.25, 0.3) is 5.56 Å². The monoisotopic (exact) mass is 559 g/mol. The molecule has 2 fully saturated rings. The first-order valence-corrected chi connectivity index (χ1v) is 12.2. The summed E-state index contributed by atoms with van der Waals surface area (Å²) in [4.78, 5) is 28.0. The molecule has 14 nitrogen and oxygen atoms in total. The van der Waals surface area contributed by atoms with Gasteiger partial charge in [-0.1, -0.05) is 33.2 Å². The summed E-state index contributed by atoms with van der Waals surface area (Å²) in [7, 11) is -4.20. The molecule has 2 aromatic rings. The van der Waals surface area contributed by atoms with Crippen molar-refractivity contribution in [3.8, 4) is 0 Å². The number of ether oxygens (including phenoxy) is 1. The number of H-pyrrole nitrogens is 1. The summed E-state index contributed by atoms with van der Waals surface area (Å²) in [6, 6.07) is 8.13. The van der Waals surface area contributed by atoms with Crippen molar-refractivity contribution in [1.82, 2.24) is 9.55 Å². The lowest BCUT2D eigenvalue weighted by atomic mass is 10.1. The van der Waals surface area contributed by atoms with E-state index in [0.29, 0.717) is 6.42 Å². The third-order valence-corrected chi connectivity index (χ3v) is 7.28. The molecule has 182 valence electrons. The van der Waals surface area contributed by atoms with Crippen LogP contribution in [0.4, 0.5) is 0 Å². The van der Waals surface area contributed by atoms with E-state index in [0.717, 1.165) is 26.9 Å². The van der Waals surface area contributed by atoms with Gasteiger partial charge in [-0.2, -0.15) is 0 Å². The highest BCUT2D eigenvalue weighted by Gasteiger charge is 2.56. The number of phosphoric acid groups is 1. The number of aliphatic hydroxyl groups excluding tert-OH is 2. The molecular formula is C18H19BrN5O9P. The summed E-state index contributed by atoms with van der Waals surface area (Å²) in [6.45, 7) is -0.803. The Kier molecular flexibility index (Phi) is 7.10. The predicted molar refractivity (Wildman–Crippen MR) is 117 cm³/mol. The van der Waals surface area contributed by atoms with Crippen molar-refractivity contribution >= 4 is 23.8 Å². The lowest BCUT2D eigenvalue weighted by Gasteiger charge is -2.32. The fourth-order valence-electron chi connectivity index (χ4n) is 3.58. The van der Waals surface area contributed by atoms with Gasteiger partial charge in [0, 0.05) is 28.1 Å². The lowest BCUT2D eigenvalue weighted by Crippen LogP contribution is -2.45. The van der Waals surface area contributed by atoms with Crippen molar-refractivity contribution < 1.29 is 33.1 Å². The van der Waals surface area contributed by atoms with Crippen LogP contribution in [0, 0.1) is 0 Å². The number of aromatic amines is 1. The number of hydrogen-bond donors (Lipinski definition) is 3. The normalized spacial score (nSPS) is 33.4. The molecule has 1 aromatic carbocycles. The van der Waals surface area contributed by atoms with E-state index >= 15 is 0 Å². The van der Waals surface area contributed by atoms with Gasteiger partial charge in [0.15, 0.2) is 6.23 Å². The van der Waals surface area contributed by atoms with Crippen LogP contribution in [0.2, 0.25) is 0 Å². The van der Waals surface area contributed by atoms with E-state index < -0.39 is 55.9 Å². The molecule has 1 aromatic heterocycles. The maximum absolute atomic E-state index is 13.1. The van der Waals surface area contributed by atoms with E-state index in [2.05, 4.69) is 26.0 Å². The molecule has 1 unspecified atom stereocenters. The van der Waals surface area contributed by atoms with Gasteiger partial charge in [-0.25, -0.2) is 9.36 Å². The van der Waals surface area contributed by atoms with Crippen LogP contribution in [0.3, 0.4) is 0 Å². The van der Waals surface area contributed by atoms with Crippen LogP contribution in [0.15, 0.2) is 55.7 Å². The number of nitrogens with zero attached hydrogens (tertiary/aromatic N) is 4.